The van der Waals surface area contributed by atoms with E-state index in [9.17, 15) is 18.4 Å². The molecule has 0 aliphatic heterocycles. The molecule has 9 heteroatoms. The Kier molecular flexibility index (Phi) is 10.1. The van der Waals surface area contributed by atoms with Gasteiger partial charge in [0.2, 0.25) is 11.8 Å². The van der Waals surface area contributed by atoms with Crippen LogP contribution in [0.3, 0.4) is 0 Å². The molecular weight excluding hydrogens is 482 g/mol. The monoisotopic (exact) mass is 514 g/mol. The Labute approximate surface area is 214 Å². The van der Waals surface area contributed by atoms with E-state index in [0.29, 0.717) is 18.0 Å². The predicted molar refractivity (Wildman–Crippen MR) is 139 cm³/mol. The Hall–Kier alpha value is -3.17. The topological polar surface area (TPSA) is 83.1 Å². The van der Waals surface area contributed by atoms with Gasteiger partial charge in [-0.3, -0.25) is 9.59 Å². The van der Waals surface area contributed by atoms with Gasteiger partial charge in [0.15, 0.2) is 5.13 Å². The molecule has 2 atom stereocenters. The number of hydrogen-bond acceptors (Lipinski definition) is 5. The number of amides is 2. The van der Waals surface area contributed by atoms with Gasteiger partial charge in [0.05, 0.1) is 12.1 Å². The molecular formula is C27H32F2N4O2S. The molecule has 1 heterocycles. The molecule has 0 saturated heterocycles. The van der Waals surface area contributed by atoms with E-state index in [2.05, 4.69) is 40.0 Å². The average Bonchev–Trinajstić information content (AvgIpc) is 3.17. The Morgan fingerprint density at radius 3 is 2.44 bits per heavy atom. The van der Waals surface area contributed by atoms with Crippen molar-refractivity contribution >= 4 is 28.3 Å². The molecule has 2 aromatic carbocycles. The van der Waals surface area contributed by atoms with Crippen molar-refractivity contribution in [3.05, 3.63) is 81.9 Å². The number of hydrogen-bond donors (Lipinski definition) is 3. The van der Waals surface area contributed by atoms with E-state index < -0.39 is 23.6 Å². The largest absolute Gasteiger partial charge is 0.344 e. The van der Waals surface area contributed by atoms with Gasteiger partial charge in [-0.1, -0.05) is 43.7 Å². The number of thiazole rings is 1. The van der Waals surface area contributed by atoms with E-state index in [1.54, 1.807) is 0 Å². The van der Waals surface area contributed by atoms with Gasteiger partial charge in [-0.2, -0.15) is 0 Å². The van der Waals surface area contributed by atoms with Crippen LogP contribution in [-0.4, -0.2) is 29.4 Å². The second kappa shape index (κ2) is 13.2. The van der Waals surface area contributed by atoms with E-state index in [-0.39, 0.29) is 23.9 Å². The lowest BCUT2D eigenvalue weighted by molar-refractivity contribution is -0.126. The number of benzene rings is 2. The highest BCUT2D eigenvalue weighted by Crippen LogP contribution is 2.23. The lowest BCUT2D eigenvalue weighted by Gasteiger charge is -2.17. The number of anilines is 1. The Morgan fingerprint density at radius 1 is 1.08 bits per heavy atom. The van der Waals surface area contributed by atoms with Gasteiger partial charge in [0.25, 0.3) is 0 Å². The minimum atomic E-state index is -0.776. The highest BCUT2D eigenvalue weighted by atomic mass is 32.1. The van der Waals surface area contributed by atoms with Gasteiger partial charge in [0, 0.05) is 23.5 Å². The van der Waals surface area contributed by atoms with E-state index >= 15 is 0 Å². The van der Waals surface area contributed by atoms with Gasteiger partial charge in [-0.15, -0.1) is 11.3 Å². The first kappa shape index (κ1) is 27.4. The highest BCUT2D eigenvalue weighted by Gasteiger charge is 2.22. The molecule has 0 fully saturated rings. The number of nitrogens with zero attached hydrogens (tertiary/aromatic N) is 1. The number of carbonyl (C=O) groups is 2. The number of rotatable bonds is 12. The lowest BCUT2D eigenvalue weighted by atomic mass is 10.1. The molecule has 1 aromatic heterocycles. The first-order chi connectivity index (χ1) is 17.2. The van der Waals surface area contributed by atoms with E-state index in [1.807, 2.05) is 32.0 Å². The summed E-state index contributed by atoms with van der Waals surface area (Å²) in [4.78, 5) is 30.9. The molecule has 3 aromatic rings. The zero-order valence-electron chi connectivity index (χ0n) is 20.7. The predicted octanol–water partition coefficient (Wildman–Crippen LogP) is 5.09. The molecule has 3 N–H and O–H groups in total. The summed E-state index contributed by atoms with van der Waals surface area (Å²) in [5.74, 6) is -2.35. The molecule has 0 spiro atoms. The summed E-state index contributed by atoms with van der Waals surface area (Å²) in [6.45, 7) is 6.70. The fraction of sp³-hybridized carbons (Fsp3) is 0.370. The number of carbonyl (C=O) groups excluding carboxylic acids is 2. The van der Waals surface area contributed by atoms with Crippen LogP contribution in [0.2, 0.25) is 0 Å². The van der Waals surface area contributed by atoms with Crippen molar-refractivity contribution in [2.24, 2.45) is 0 Å². The van der Waals surface area contributed by atoms with Gasteiger partial charge in [0.1, 0.15) is 17.7 Å². The SMILES string of the molecule is CCCC(NC(=O)Cc1cc(F)cc(F)c1)C(=O)Nc1nc(C)c(CCNC(C)c2ccccc2)s1. The van der Waals surface area contributed by atoms with Gasteiger partial charge in [-0.25, -0.2) is 13.8 Å². The zero-order chi connectivity index (χ0) is 26.1. The third-order valence-corrected chi connectivity index (χ3v) is 6.87. The van der Waals surface area contributed by atoms with Crippen LogP contribution in [0.25, 0.3) is 0 Å². The zero-order valence-corrected chi connectivity index (χ0v) is 21.6. The van der Waals surface area contributed by atoms with Crippen molar-refractivity contribution < 1.29 is 18.4 Å². The summed E-state index contributed by atoms with van der Waals surface area (Å²) in [5.41, 5.74) is 2.28. The van der Waals surface area contributed by atoms with Crippen molar-refractivity contribution in [1.82, 2.24) is 15.6 Å². The van der Waals surface area contributed by atoms with Crippen molar-refractivity contribution in [2.75, 3.05) is 11.9 Å². The normalized spacial score (nSPS) is 12.7. The maximum Gasteiger partial charge on any atom is 0.248 e. The van der Waals surface area contributed by atoms with Crippen LogP contribution in [0.5, 0.6) is 0 Å². The Morgan fingerprint density at radius 2 is 1.78 bits per heavy atom. The third-order valence-electron chi connectivity index (χ3n) is 5.74. The van der Waals surface area contributed by atoms with Crippen molar-refractivity contribution in [3.8, 4) is 0 Å². The minimum Gasteiger partial charge on any atom is -0.344 e. The highest BCUT2D eigenvalue weighted by molar-refractivity contribution is 7.15. The van der Waals surface area contributed by atoms with Crippen molar-refractivity contribution in [3.63, 3.8) is 0 Å². The number of halogens is 2. The van der Waals surface area contributed by atoms with E-state index in [0.717, 1.165) is 41.7 Å². The fourth-order valence-corrected chi connectivity index (χ4v) is 4.83. The molecule has 2 amide bonds. The van der Waals surface area contributed by atoms with Gasteiger partial charge >= 0.3 is 0 Å². The van der Waals surface area contributed by atoms with E-state index in [4.69, 9.17) is 0 Å². The quantitative estimate of drug-likeness (QED) is 0.314. The fourth-order valence-electron chi connectivity index (χ4n) is 3.87. The van der Waals surface area contributed by atoms with Crippen molar-refractivity contribution in [1.29, 1.82) is 0 Å². The first-order valence-corrected chi connectivity index (χ1v) is 12.9. The molecule has 36 heavy (non-hydrogen) atoms. The van der Waals surface area contributed by atoms with Gasteiger partial charge in [-0.05, 0) is 49.9 Å². The molecule has 192 valence electrons. The van der Waals surface area contributed by atoms with Crippen LogP contribution in [-0.2, 0) is 22.4 Å². The second-order valence-corrected chi connectivity index (χ2v) is 9.80. The molecule has 0 aliphatic rings. The summed E-state index contributed by atoms with van der Waals surface area (Å²) in [7, 11) is 0. The average molecular weight is 515 g/mol. The lowest BCUT2D eigenvalue weighted by Crippen LogP contribution is -2.44. The summed E-state index contributed by atoms with van der Waals surface area (Å²) >= 11 is 1.42. The van der Waals surface area contributed by atoms with Crippen LogP contribution >= 0.6 is 11.3 Å². The molecule has 0 radical (unpaired) electrons. The number of nitrogens with one attached hydrogen (secondary N) is 3. The number of aromatic nitrogens is 1. The molecule has 0 saturated carbocycles. The van der Waals surface area contributed by atoms with Crippen LogP contribution < -0.4 is 16.0 Å². The summed E-state index contributed by atoms with van der Waals surface area (Å²) < 4.78 is 26.8. The van der Waals surface area contributed by atoms with Crippen LogP contribution in [0, 0.1) is 18.6 Å². The summed E-state index contributed by atoms with van der Waals surface area (Å²) in [6, 6.07) is 12.6. The van der Waals surface area contributed by atoms with Crippen LogP contribution in [0.1, 0.15) is 54.4 Å². The minimum absolute atomic E-state index is 0.205. The molecule has 0 aliphatic carbocycles. The van der Waals surface area contributed by atoms with Crippen LogP contribution in [0.4, 0.5) is 13.9 Å². The maximum absolute atomic E-state index is 13.4. The number of aryl methyl sites for hydroxylation is 1. The smallest absolute Gasteiger partial charge is 0.248 e. The standard InChI is InChI=1S/C27H32F2N4O2S/c1-4-8-23(32-25(34)15-19-13-21(28)16-22(29)14-19)26(35)33-27-31-18(3)24(36-27)11-12-30-17(2)20-9-6-5-7-10-20/h5-7,9-10,13-14,16-17,23,30H,4,8,11-12,15H2,1-3H3,(H,32,34)(H,31,33,35). The van der Waals surface area contributed by atoms with Gasteiger partial charge < -0.3 is 16.0 Å². The van der Waals surface area contributed by atoms with Crippen LogP contribution in [0.15, 0.2) is 48.5 Å². The summed E-state index contributed by atoms with van der Waals surface area (Å²) in [5, 5.41) is 9.48. The molecule has 0 bridgehead atoms. The second-order valence-electron chi connectivity index (χ2n) is 8.72. The molecule has 6 nitrogen and oxygen atoms in total. The third kappa shape index (κ3) is 8.20. The Balaban J connectivity index is 1.54. The summed E-state index contributed by atoms with van der Waals surface area (Å²) in [6.07, 6.45) is 1.64. The molecule has 3 rings (SSSR count). The van der Waals surface area contributed by atoms with E-state index in [1.165, 1.54) is 16.9 Å². The maximum atomic E-state index is 13.4. The van der Waals surface area contributed by atoms with Crippen molar-refractivity contribution in [2.45, 2.75) is 58.5 Å². The molecule has 2 unspecified atom stereocenters. The first-order valence-electron chi connectivity index (χ1n) is 12.0. The Bertz CT molecular complexity index is 1150.